The second-order valence-corrected chi connectivity index (χ2v) is 6.14. The van der Waals surface area contributed by atoms with E-state index >= 15 is 0 Å². The summed E-state index contributed by atoms with van der Waals surface area (Å²) in [4.78, 5) is 10.7. The van der Waals surface area contributed by atoms with Crippen LogP contribution in [0.15, 0.2) is 36.4 Å². The summed E-state index contributed by atoms with van der Waals surface area (Å²) in [5.74, 6) is 0.803. The number of nitriles is 1. The summed E-state index contributed by atoms with van der Waals surface area (Å²) < 4.78 is 11.4. The van der Waals surface area contributed by atoms with Crippen molar-refractivity contribution in [2.24, 2.45) is 0 Å². The Morgan fingerprint density at radius 3 is 2.69 bits per heavy atom. The highest BCUT2D eigenvalue weighted by Crippen LogP contribution is 2.31. The Bertz CT molecular complexity index is 854. The Labute approximate surface area is 151 Å². The van der Waals surface area contributed by atoms with Gasteiger partial charge < -0.3 is 14.8 Å². The van der Waals surface area contributed by atoms with Crippen LogP contribution < -0.4 is 10.1 Å². The van der Waals surface area contributed by atoms with Gasteiger partial charge in [0.15, 0.2) is 0 Å². The summed E-state index contributed by atoms with van der Waals surface area (Å²) >= 11 is 0. The van der Waals surface area contributed by atoms with E-state index in [4.69, 9.17) is 14.7 Å². The number of benzene rings is 2. The van der Waals surface area contributed by atoms with Crippen LogP contribution in [-0.4, -0.2) is 24.2 Å². The third-order valence-corrected chi connectivity index (χ3v) is 4.24. The van der Waals surface area contributed by atoms with E-state index in [-0.39, 0.29) is 17.4 Å². The molecule has 7 heteroatoms. The minimum Gasteiger partial charge on any atom is -0.490 e. The Hall–Kier alpha value is -3.11. The Balaban J connectivity index is 1.77. The van der Waals surface area contributed by atoms with Crippen LogP contribution in [-0.2, 0) is 4.74 Å². The molecular formula is C19H19N3O4. The van der Waals surface area contributed by atoms with Gasteiger partial charge in [-0.2, -0.15) is 5.26 Å². The van der Waals surface area contributed by atoms with Gasteiger partial charge in [-0.05, 0) is 42.8 Å². The molecule has 7 nitrogen and oxygen atoms in total. The van der Waals surface area contributed by atoms with Gasteiger partial charge >= 0.3 is 0 Å². The summed E-state index contributed by atoms with van der Waals surface area (Å²) in [5, 5.41) is 23.2. The number of hydrogen-bond acceptors (Lipinski definition) is 6. The van der Waals surface area contributed by atoms with Gasteiger partial charge in [-0.3, -0.25) is 10.1 Å². The summed E-state index contributed by atoms with van der Waals surface area (Å²) in [7, 11) is 0. The van der Waals surface area contributed by atoms with Crippen LogP contribution in [0.3, 0.4) is 0 Å². The van der Waals surface area contributed by atoms with Crippen molar-refractivity contribution in [2.45, 2.75) is 25.9 Å². The van der Waals surface area contributed by atoms with Crippen LogP contribution in [0.2, 0.25) is 0 Å². The molecule has 2 aromatic carbocycles. The monoisotopic (exact) mass is 353 g/mol. The SMILES string of the molecule is Cc1cc(Nc2ccc(C#N)cc2[N+](=O)[O-])ccc1OC1CCOCC1. The van der Waals surface area contributed by atoms with Crippen LogP contribution in [0.4, 0.5) is 17.1 Å². The molecule has 0 aliphatic carbocycles. The molecule has 0 bridgehead atoms. The fourth-order valence-electron chi connectivity index (χ4n) is 2.85. The molecule has 1 heterocycles. The number of aryl methyl sites for hydroxylation is 1. The molecule has 1 N–H and O–H groups in total. The zero-order valence-electron chi connectivity index (χ0n) is 14.4. The van der Waals surface area contributed by atoms with E-state index in [1.165, 1.54) is 6.07 Å². The minimum atomic E-state index is -0.501. The number of ether oxygens (including phenoxy) is 2. The number of nitrogens with zero attached hydrogens (tertiary/aromatic N) is 2. The molecule has 0 radical (unpaired) electrons. The van der Waals surface area contributed by atoms with Crippen LogP contribution in [0, 0.1) is 28.4 Å². The number of nitro benzene ring substituents is 1. The lowest BCUT2D eigenvalue weighted by atomic mass is 10.1. The maximum Gasteiger partial charge on any atom is 0.293 e. The van der Waals surface area contributed by atoms with Gasteiger partial charge in [0.1, 0.15) is 17.5 Å². The summed E-state index contributed by atoms with van der Waals surface area (Å²) in [6.45, 7) is 3.37. The highest BCUT2D eigenvalue weighted by molar-refractivity contribution is 5.71. The molecule has 0 atom stereocenters. The third-order valence-electron chi connectivity index (χ3n) is 4.24. The van der Waals surface area contributed by atoms with Crippen LogP contribution >= 0.6 is 0 Å². The molecule has 0 amide bonds. The normalized spacial score (nSPS) is 14.5. The predicted octanol–water partition coefficient (Wildman–Crippen LogP) is 4.08. The van der Waals surface area contributed by atoms with Crippen molar-refractivity contribution in [2.75, 3.05) is 18.5 Å². The van der Waals surface area contributed by atoms with E-state index in [1.807, 2.05) is 31.2 Å². The van der Waals surface area contributed by atoms with Crippen molar-refractivity contribution >= 4 is 17.1 Å². The summed E-state index contributed by atoms with van der Waals surface area (Å²) in [6, 6.07) is 11.8. The highest BCUT2D eigenvalue weighted by Gasteiger charge is 2.17. The molecule has 0 saturated carbocycles. The van der Waals surface area contributed by atoms with E-state index in [9.17, 15) is 10.1 Å². The van der Waals surface area contributed by atoms with E-state index in [0.29, 0.717) is 18.9 Å². The van der Waals surface area contributed by atoms with Gasteiger partial charge in [0, 0.05) is 24.6 Å². The van der Waals surface area contributed by atoms with Gasteiger partial charge in [0.25, 0.3) is 5.69 Å². The smallest absolute Gasteiger partial charge is 0.293 e. The van der Waals surface area contributed by atoms with Gasteiger partial charge in [-0.15, -0.1) is 0 Å². The van der Waals surface area contributed by atoms with Crippen molar-refractivity contribution < 1.29 is 14.4 Å². The van der Waals surface area contributed by atoms with E-state index < -0.39 is 4.92 Å². The van der Waals surface area contributed by atoms with Gasteiger partial charge in [0.2, 0.25) is 0 Å². The van der Waals surface area contributed by atoms with Crippen molar-refractivity contribution in [3.05, 3.63) is 57.6 Å². The number of anilines is 2. The zero-order valence-corrected chi connectivity index (χ0v) is 14.4. The zero-order chi connectivity index (χ0) is 18.5. The lowest BCUT2D eigenvalue weighted by molar-refractivity contribution is -0.383. The molecule has 1 fully saturated rings. The lowest BCUT2D eigenvalue weighted by Gasteiger charge is -2.24. The van der Waals surface area contributed by atoms with Crippen LogP contribution in [0.5, 0.6) is 5.75 Å². The number of nitrogens with one attached hydrogen (secondary N) is 1. The average molecular weight is 353 g/mol. The van der Waals surface area contributed by atoms with Gasteiger partial charge in [-0.25, -0.2) is 0 Å². The second-order valence-electron chi connectivity index (χ2n) is 6.14. The molecule has 3 rings (SSSR count). The molecule has 26 heavy (non-hydrogen) atoms. The maximum absolute atomic E-state index is 11.2. The first-order valence-corrected chi connectivity index (χ1v) is 8.37. The summed E-state index contributed by atoms with van der Waals surface area (Å²) in [5.41, 5.74) is 2.11. The molecule has 0 spiro atoms. The van der Waals surface area contributed by atoms with Gasteiger partial charge in [-0.1, -0.05) is 0 Å². The largest absolute Gasteiger partial charge is 0.490 e. The Kier molecular flexibility index (Phi) is 5.34. The lowest BCUT2D eigenvalue weighted by Crippen LogP contribution is -2.26. The quantitative estimate of drug-likeness (QED) is 0.642. The molecule has 1 aliphatic rings. The van der Waals surface area contributed by atoms with Crippen molar-refractivity contribution in [1.29, 1.82) is 5.26 Å². The van der Waals surface area contributed by atoms with E-state index in [1.54, 1.807) is 12.1 Å². The molecular weight excluding hydrogens is 334 g/mol. The molecule has 0 aromatic heterocycles. The van der Waals surface area contributed by atoms with Crippen molar-refractivity contribution in [3.63, 3.8) is 0 Å². The van der Waals surface area contributed by atoms with Crippen molar-refractivity contribution in [3.8, 4) is 11.8 Å². The van der Waals surface area contributed by atoms with E-state index in [2.05, 4.69) is 5.32 Å². The standard InChI is InChI=1S/C19H19N3O4/c1-13-10-15(3-5-19(13)26-16-6-8-25-9-7-16)21-17-4-2-14(12-20)11-18(17)22(23)24/h2-5,10-11,16,21H,6-9H2,1H3. The first-order chi connectivity index (χ1) is 12.6. The van der Waals surface area contributed by atoms with Crippen molar-refractivity contribution in [1.82, 2.24) is 0 Å². The fourth-order valence-corrected chi connectivity index (χ4v) is 2.85. The van der Waals surface area contributed by atoms with Crippen LogP contribution in [0.25, 0.3) is 0 Å². The molecule has 134 valence electrons. The molecule has 0 unspecified atom stereocenters. The summed E-state index contributed by atoms with van der Waals surface area (Å²) in [6.07, 6.45) is 1.90. The van der Waals surface area contributed by atoms with E-state index in [0.717, 1.165) is 29.8 Å². The van der Waals surface area contributed by atoms with Crippen LogP contribution in [0.1, 0.15) is 24.0 Å². The minimum absolute atomic E-state index is 0.135. The Morgan fingerprint density at radius 1 is 1.27 bits per heavy atom. The molecule has 2 aromatic rings. The Morgan fingerprint density at radius 2 is 2.04 bits per heavy atom. The maximum atomic E-state index is 11.2. The highest BCUT2D eigenvalue weighted by atomic mass is 16.6. The fraction of sp³-hybridized carbons (Fsp3) is 0.316. The topological polar surface area (TPSA) is 97.4 Å². The number of rotatable bonds is 5. The number of hydrogen-bond donors (Lipinski definition) is 1. The first-order valence-electron chi connectivity index (χ1n) is 8.37. The molecule has 1 aliphatic heterocycles. The average Bonchev–Trinajstić information content (AvgIpc) is 2.65. The third kappa shape index (κ3) is 4.10. The number of nitro groups is 1. The molecule has 1 saturated heterocycles. The predicted molar refractivity (Wildman–Crippen MR) is 96.7 cm³/mol. The second kappa shape index (κ2) is 7.85. The van der Waals surface area contributed by atoms with Gasteiger partial charge in [0.05, 0.1) is 29.8 Å². The first kappa shape index (κ1) is 17.7.